The van der Waals surface area contributed by atoms with Crippen molar-refractivity contribution < 1.29 is 23.7 Å². The third-order valence-electron chi connectivity index (χ3n) is 3.99. The van der Waals surface area contributed by atoms with Gasteiger partial charge in [0.15, 0.2) is 6.10 Å². The molecule has 130 valence electrons. The number of furan rings is 1. The Morgan fingerprint density at radius 1 is 1.24 bits per heavy atom. The molecule has 2 aromatic rings. The van der Waals surface area contributed by atoms with E-state index in [2.05, 4.69) is 5.32 Å². The van der Waals surface area contributed by atoms with Gasteiger partial charge in [-0.25, -0.2) is 4.79 Å². The Kier molecular flexibility index (Phi) is 4.51. The first-order valence-corrected chi connectivity index (χ1v) is 7.82. The predicted octanol–water partition coefficient (Wildman–Crippen LogP) is 2.86. The Morgan fingerprint density at radius 3 is 2.72 bits per heavy atom. The van der Waals surface area contributed by atoms with E-state index in [-0.39, 0.29) is 5.76 Å². The summed E-state index contributed by atoms with van der Waals surface area (Å²) in [6, 6.07) is 7.89. The van der Waals surface area contributed by atoms with Crippen LogP contribution in [0.25, 0.3) is 0 Å². The fourth-order valence-electron chi connectivity index (χ4n) is 2.70. The van der Waals surface area contributed by atoms with Gasteiger partial charge in [-0.3, -0.25) is 14.9 Å². The van der Waals surface area contributed by atoms with Gasteiger partial charge in [-0.05, 0) is 55.5 Å². The van der Waals surface area contributed by atoms with E-state index in [1.54, 1.807) is 0 Å². The lowest BCUT2D eigenvalue weighted by Crippen LogP contribution is -2.29. The SMILES string of the molecule is CC(OC(=O)c1ccc([N+](=O)[O-])o1)C(=O)Nc1ccc2c(c1)CCC2. The molecule has 25 heavy (non-hydrogen) atoms. The Morgan fingerprint density at radius 2 is 2.00 bits per heavy atom. The molecule has 0 saturated heterocycles. The Balaban J connectivity index is 1.60. The lowest BCUT2D eigenvalue weighted by molar-refractivity contribution is -0.402. The Labute approximate surface area is 142 Å². The predicted molar refractivity (Wildman–Crippen MR) is 87.3 cm³/mol. The van der Waals surface area contributed by atoms with Crippen molar-refractivity contribution in [2.75, 3.05) is 5.32 Å². The molecular weight excluding hydrogens is 328 g/mol. The molecule has 1 N–H and O–H groups in total. The molecule has 0 radical (unpaired) electrons. The minimum absolute atomic E-state index is 0.330. The molecule has 0 aliphatic heterocycles. The molecule has 1 atom stereocenters. The number of nitrogens with zero attached hydrogens (tertiary/aromatic N) is 1. The summed E-state index contributed by atoms with van der Waals surface area (Å²) >= 11 is 0. The highest BCUT2D eigenvalue weighted by atomic mass is 16.7. The number of benzene rings is 1. The zero-order valence-electron chi connectivity index (χ0n) is 13.5. The van der Waals surface area contributed by atoms with Crippen LogP contribution in [0.15, 0.2) is 34.7 Å². The molecule has 0 bridgehead atoms. The molecule has 1 aromatic heterocycles. The van der Waals surface area contributed by atoms with E-state index in [1.807, 2.05) is 18.2 Å². The number of carbonyl (C=O) groups excluding carboxylic acids is 2. The van der Waals surface area contributed by atoms with Crippen LogP contribution in [0.5, 0.6) is 0 Å². The maximum absolute atomic E-state index is 12.2. The Hall–Kier alpha value is -3.16. The summed E-state index contributed by atoms with van der Waals surface area (Å²) in [6.07, 6.45) is 2.06. The second-order valence-corrected chi connectivity index (χ2v) is 5.77. The summed E-state index contributed by atoms with van der Waals surface area (Å²) in [5.74, 6) is -2.33. The molecule has 0 spiro atoms. The van der Waals surface area contributed by atoms with Gasteiger partial charge in [-0.15, -0.1) is 0 Å². The molecule has 8 heteroatoms. The number of esters is 1. The summed E-state index contributed by atoms with van der Waals surface area (Å²) in [6.45, 7) is 1.41. The number of fused-ring (bicyclic) bond motifs is 1. The van der Waals surface area contributed by atoms with Crippen molar-refractivity contribution in [2.45, 2.75) is 32.3 Å². The monoisotopic (exact) mass is 344 g/mol. The zero-order valence-corrected chi connectivity index (χ0v) is 13.5. The van der Waals surface area contributed by atoms with Gasteiger partial charge in [0, 0.05) is 5.69 Å². The number of aryl methyl sites for hydroxylation is 2. The maximum atomic E-state index is 12.2. The average molecular weight is 344 g/mol. The van der Waals surface area contributed by atoms with Gasteiger partial charge in [0.2, 0.25) is 5.76 Å². The van der Waals surface area contributed by atoms with Crippen molar-refractivity contribution in [3.8, 4) is 0 Å². The summed E-state index contributed by atoms with van der Waals surface area (Å²) < 4.78 is 9.74. The Bertz CT molecular complexity index is 841. The largest absolute Gasteiger partial charge is 0.447 e. The van der Waals surface area contributed by atoms with E-state index in [0.29, 0.717) is 5.69 Å². The standard InChI is InChI=1S/C17H16N2O6/c1-10(24-17(21)14-7-8-15(25-14)19(22)23)16(20)18-13-6-5-11-3-2-4-12(11)9-13/h5-10H,2-4H2,1H3,(H,18,20). The van der Waals surface area contributed by atoms with Gasteiger partial charge in [0.25, 0.3) is 5.91 Å². The summed E-state index contributed by atoms with van der Waals surface area (Å²) in [4.78, 5) is 33.8. The van der Waals surface area contributed by atoms with Gasteiger partial charge >= 0.3 is 11.9 Å². The smallest absolute Gasteiger partial charge is 0.433 e. The van der Waals surface area contributed by atoms with Crippen molar-refractivity contribution in [1.29, 1.82) is 0 Å². The number of anilines is 1. The van der Waals surface area contributed by atoms with Crippen LogP contribution >= 0.6 is 0 Å². The van der Waals surface area contributed by atoms with Crippen LogP contribution in [0, 0.1) is 10.1 Å². The van der Waals surface area contributed by atoms with Gasteiger partial charge in [0.1, 0.15) is 4.92 Å². The quantitative estimate of drug-likeness (QED) is 0.507. The van der Waals surface area contributed by atoms with Crippen LogP contribution in [-0.4, -0.2) is 22.9 Å². The molecule has 1 amide bonds. The summed E-state index contributed by atoms with van der Waals surface area (Å²) in [5, 5.41) is 13.2. The number of rotatable bonds is 5. The summed E-state index contributed by atoms with van der Waals surface area (Å²) in [5.41, 5.74) is 3.14. The first-order valence-electron chi connectivity index (χ1n) is 7.82. The van der Waals surface area contributed by atoms with E-state index in [1.165, 1.54) is 18.1 Å². The van der Waals surface area contributed by atoms with Crippen LogP contribution in [0.3, 0.4) is 0 Å². The number of carbonyl (C=O) groups is 2. The minimum Gasteiger partial charge on any atom is -0.447 e. The highest BCUT2D eigenvalue weighted by molar-refractivity contribution is 5.96. The number of nitro groups is 1. The van der Waals surface area contributed by atoms with Gasteiger partial charge in [0.05, 0.1) is 6.07 Å². The second-order valence-electron chi connectivity index (χ2n) is 5.77. The summed E-state index contributed by atoms with van der Waals surface area (Å²) in [7, 11) is 0. The van der Waals surface area contributed by atoms with Crippen LogP contribution in [-0.2, 0) is 22.4 Å². The van der Waals surface area contributed by atoms with Crippen molar-refractivity contribution in [2.24, 2.45) is 0 Å². The van der Waals surface area contributed by atoms with Crippen LogP contribution in [0.2, 0.25) is 0 Å². The molecule has 1 aliphatic carbocycles. The molecule has 1 aromatic carbocycles. The average Bonchev–Trinajstić information content (AvgIpc) is 3.23. The minimum atomic E-state index is -1.08. The number of ether oxygens (including phenoxy) is 1. The topological polar surface area (TPSA) is 112 Å². The van der Waals surface area contributed by atoms with E-state index in [4.69, 9.17) is 9.15 Å². The van der Waals surface area contributed by atoms with Crippen LogP contribution in [0.4, 0.5) is 11.6 Å². The van der Waals surface area contributed by atoms with E-state index < -0.39 is 28.8 Å². The van der Waals surface area contributed by atoms with Crippen LogP contribution < -0.4 is 5.32 Å². The number of nitrogens with one attached hydrogen (secondary N) is 1. The number of hydrogen-bond acceptors (Lipinski definition) is 6. The zero-order chi connectivity index (χ0) is 18.0. The molecule has 0 saturated carbocycles. The molecule has 1 heterocycles. The van der Waals surface area contributed by atoms with E-state index >= 15 is 0 Å². The van der Waals surface area contributed by atoms with E-state index in [0.717, 1.165) is 31.4 Å². The fourth-order valence-corrected chi connectivity index (χ4v) is 2.70. The molecular formula is C17H16N2O6. The van der Waals surface area contributed by atoms with Crippen molar-refractivity contribution in [1.82, 2.24) is 0 Å². The lowest BCUT2D eigenvalue weighted by Gasteiger charge is -2.13. The lowest BCUT2D eigenvalue weighted by atomic mass is 10.1. The first kappa shape index (κ1) is 16.7. The highest BCUT2D eigenvalue weighted by Gasteiger charge is 2.24. The molecule has 1 unspecified atom stereocenters. The third-order valence-corrected chi connectivity index (χ3v) is 3.99. The third kappa shape index (κ3) is 3.68. The number of hydrogen-bond donors (Lipinski definition) is 1. The second kappa shape index (κ2) is 6.76. The van der Waals surface area contributed by atoms with Crippen molar-refractivity contribution in [3.63, 3.8) is 0 Å². The first-order chi connectivity index (χ1) is 11.9. The van der Waals surface area contributed by atoms with Crippen LogP contribution in [0.1, 0.15) is 35.0 Å². The van der Waals surface area contributed by atoms with Crippen molar-refractivity contribution in [3.05, 3.63) is 57.3 Å². The molecule has 0 fully saturated rings. The molecule has 1 aliphatic rings. The highest BCUT2D eigenvalue weighted by Crippen LogP contribution is 2.25. The van der Waals surface area contributed by atoms with Crippen molar-refractivity contribution >= 4 is 23.4 Å². The number of amides is 1. The van der Waals surface area contributed by atoms with Gasteiger partial charge in [-0.2, -0.15) is 0 Å². The normalized spacial score (nSPS) is 13.8. The maximum Gasteiger partial charge on any atom is 0.433 e. The van der Waals surface area contributed by atoms with E-state index in [9.17, 15) is 19.7 Å². The molecule has 3 rings (SSSR count). The van der Waals surface area contributed by atoms with Gasteiger partial charge in [-0.1, -0.05) is 6.07 Å². The fraction of sp³-hybridized carbons (Fsp3) is 0.294. The van der Waals surface area contributed by atoms with Gasteiger partial charge < -0.3 is 14.5 Å². The molecule has 8 nitrogen and oxygen atoms in total.